The number of likely N-dealkylation sites (N-methyl/N-ethyl adjacent to an activating group) is 1. The van der Waals surface area contributed by atoms with Gasteiger partial charge < -0.3 is 4.90 Å². The Balaban J connectivity index is 2.22. The molecule has 0 spiro atoms. The maximum absolute atomic E-state index is 12.7. The van der Waals surface area contributed by atoms with E-state index in [4.69, 9.17) is 23.2 Å². The van der Waals surface area contributed by atoms with E-state index in [2.05, 4.69) is 4.72 Å². The van der Waals surface area contributed by atoms with Crippen LogP contribution in [0, 0.1) is 0 Å². The molecule has 7 heteroatoms. The van der Waals surface area contributed by atoms with E-state index in [-0.39, 0.29) is 11.3 Å². The molecule has 0 aromatic heterocycles. The summed E-state index contributed by atoms with van der Waals surface area (Å²) in [6, 6.07) is 4.93. The van der Waals surface area contributed by atoms with Gasteiger partial charge in [0.25, 0.3) is 0 Å². The average molecular weight is 379 g/mol. The van der Waals surface area contributed by atoms with Crippen LogP contribution in [0.25, 0.3) is 0 Å². The van der Waals surface area contributed by atoms with Gasteiger partial charge in [0.15, 0.2) is 0 Å². The molecule has 0 bridgehead atoms. The predicted molar refractivity (Wildman–Crippen MR) is 96.7 cm³/mol. The molecule has 0 radical (unpaired) electrons. The van der Waals surface area contributed by atoms with E-state index in [1.54, 1.807) is 12.1 Å². The van der Waals surface area contributed by atoms with Crippen molar-refractivity contribution in [2.45, 2.75) is 43.4 Å². The first-order chi connectivity index (χ1) is 10.8. The standard InChI is InChI=1S/C16H24Cl2N2O2S/c1-20(2)11-16(12-8-9-14(17)15(18)10-12)19-23(21,22)13-6-4-3-5-7-13/h8-10,13,16,19H,3-7,11H2,1-2H3/t16-/m0/s1. The maximum atomic E-state index is 12.7. The van der Waals surface area contributed by atoms with Crippen molar-refractivity contribution in [3.63, 3.8) is 0 Å². The summed E-state index contributed by atoms with van der Waals surface area (Å²) in [4.78, 5) is 1.95. The summed E-state index contributed by atoms with van der Waals surface area (Å²) in [5.74, 6) is 0. The monoisotopic (exact) mass is 378 g/mol. The van der Waals surface area contributed by atoms with Gasteiger partial charge in [-0.1, -0.05) is 48.5 Å². The van der Waals surface area contributed by atoms with Crippen LogP contribution in [-0.2, 0) is 10.0 Å². The molecule has 1 aromatic rings. The molecule has 0 amide bonds. The zero-order chi connectivity index (χ0) is 17.0. The minimum Gasteiger partial charge on any atom is -0.307 e. The van der Waals surface area contributed by atoms with E-state index < -0.39 is 10.0 Å². The van der Waals surface area contributed by atoms with Gasteiger partial charge in [0.05, 0.1) is 21.3 Å². The summed E-state index contributed by atoms with van der Waals surface area (Å²) >= 11 is 12.1. The fraction of sp³-hybridized carbons (Fsp3) is 0.625. The fourth-order valence-electron chi connectivity index (χ4n) is 2.97. The molecule has 23 heavy (non-hydrogen) atoms. The quantitative estimate of drug-likeness (QED) is 0.817. The van der Waals surface area contributed by atoms with E-state index >= 15 is 0 Å². The van der Waals surface area contributed by atoms with Crippen LogP contribution in [0.5, 0.6) is 0 Å². The van der Waals surface area contributed by atoms with Gasteiger partial charge in [-0.05, 0) is 44.6 Å². The Labute approximate surface area is 149 Å². The van der Waals surface area contributed by atoms with Gasteiger partial charge in [-0.2, -0.15) is 0 Å². The second-order valence-electron chi connectivity index (χ2n) is 6.41. The van der Waals surface area contributed by atoms with Gasteiger partial charge in [-0.15, -0.1) is 0 Å². The highest BCUT2D eigenvalue weighted by atomic mass is 35.5. The molecule has 2 rings (SSSR count). The van der Waals surface area contributed by atoms with Crippen molar-refractivity contribution in [2.24, 2.45) is 0 Å². The smallest absolute Gasteiger partial charge is 0.215 e. The normalized spacial score (nSPS) is 18.3. The van der Waals surface area contributed by atoms with Gasteiger partial charge in [0.2, 0.25) is 10.0 Å². The molecular weight excluding hydrogens is 355 g/mol. The van der Waals surface area contributed by atoms with Crippen LogP contribution >= 0.6 is 23.2 Å². The number of rotatable bonds is 6. The van der Waals surface area contributed by atoms with Crippen molar-refractivity contribution in [2.75, 3.05) is 20.6 Å². The largest absolute Gasteiger partial charge is 0.307 e. The summed E-state index contributed by atoms with van der Waals surface area (Å²) < 4.78 is 28.3. The SMILES string of the molecule is CN(C)C[C@H](NS(=O)(=O)C1CCCCC1)c1ccc(Cl)c(Cl)c1. The number of hydrogen-bond donors (Lipinski definition) is 1. The molecule has 1 fully saturated rings. The van der Waals surface area contributed by atoms with E-state index in [1.807, 2.05) is 25.1 Å². The van der Waals surface area contributed by atoms with Gasteiger partial charge in [0.1, 0.15) is 0 Å². The van der Waals surface area contributed by atoms with E-state index in [1.165, 1.54) is 0 Å². The van der Waals surface area contributed by atoms with Crippen LogP contribution in [0.15, 0.2) is 18.2 Å². The summed E-state index contributed by atoms with van der Waals surface area (Å²) in [5, 5.41) is 0.614. The average Bonchev–Trinajstić information content (AvgIpc) is 2.49. The van der Waals surface area contributed by atoms with Crippen LogP contribution in [0.2, 0.25) is 10.0 Å². The van der Waals surface area contributed by atoms with Crippen LogP contribution < -0.4 is 4.72 Å². The minimum atomic E-state index is -3.35. The zero-order valence-corrected chi connectivity index (χ0v) is 15.9. The molecule has 1 saturated carbocycles. The number of sulfonamides is 1. The van der Waals surface area contributed by atoms with E-state index in [0.29, 0.717) is 16.6 Å². The summed E-state index contributed by atoms with van der Waals surface area (Å²) in [7, 11) is 0.480. The number of halogens is 2. The van der Waals surface area contributed by atoms with Gasteiger partial charge in [-0.25, -0.2) is 13.1 Å². The van der Waals surface area contributed by atoms with Gasteiger partial charge in [-0.3, -0.25) is 0 Å². The number of nitrogens with one attached hydrogen (secondary N) is 1. The highest BCUT2D eigenvalue weighted by Crippen LogP contribution is 2.28. The third kappa shape index (κ3) is 5.33. The minimum absolute atomic E-state index is 0.288. The van der Waals surface area contributed by atoms with Crippen molar-refractivity contribution in [1.82, 2.24) is 9.62 Å². The second kappa shape index (κ2) is 8.17. The van der Waals surface area contributed by atoms with Crippen LogP contribution in [0.3, 0.4) is 0 Å². The van der Waals surface area contributed by atoms with Gasteiger partial charge in [0, 0.05) is 6.54 Å². The molecule has 130 valence electrons. The molecule has 0 heterocycles. The van der Waals surface area contributed by atoms with Crippen LogP contribution in [-0.4, -0.2) is 39.2 Å². The number of benzene rings is 1. The van der Waals surface area contributed by atoms with Crippen molar-refractivity contribution in [3.05, 3.63) is 33.8 Å². The Morgan fingerprint density at radius 2 is 1.83 bits per heavy atom. The molecule has 0 saturated heterocycles. The maximum Gasteiger partial charge on any atom is 0.215 e. The Hall–Kier alpha value is -0.330. The highest BCUT2D eigenvalue weighted by Gasteiger charge is 2.30. The van der Waals surface area contributed by atoms with E-state index in [0.717, 1.165) is 37.7 Å². The number of nitrogens with zero attached hydrogens (tertiary/aromatic N) is 1. The fourth-order valence-corrected chi connectivity index (χ4v) is 5.04. The van der Waals surface area contributed by atoms with Crippen molar-refractivity contribution >= 4 is 33.2 Å². The lowest BCUT2D eigenvalue weighted by Gasteiger charge is -2.27. The van der Waals surface area contributed by atoms with E-state index in [9.17, 15) is 8.42 Å². The molecular formula is C16H24Cl2N2O2S. The molecule has 4 nitrogen and oxygen atoms in total. The lowest BCUT2D eigenvalue weighted by molar-refractivity contribution is 0.361. The molecule has 0 aliphatic heterocycles. The summed E-state index contributed by atoms with van der Waals surface area (Å²) in [6.45, 7) is 0.559. The summed E-state index contributed by atoms with van der Waals surface area (Å²) in [6.07, 6.45) is 4.57. The number of hydrogen-bond acceptors (Lipinski definition) is 3. The van der Waals surface area contributed by atoms with Crippen LogP contribution in [0.4, 0.5) is 0 Å². The highest BCUT2D eigenvalue weighted by molar-refractivity contribution is 7.90. The van der Waals surface area contributed by atoms with Crippen LogP contribution in [0.1, 0.15) is 43.7 Å². The Kier molecular flexibility index (Phi) is 6.75. The lowest BCUT2D eigenvalue weighted by atomic mass is 10.0. The third-order valence-electron chi connectivity index (χ3n) is 4.19. The van der Waals surface area contributed by atoms with Crippen molar-refractivity contribution in [1.29, 1.82) is 0 Å². The Morgan fingerprint density at radius 3 is 2.39 bits per heavy atom. The molecule has 1 aromatic carbocycles. The first-order valence-corrected chi connectivity index (χ1v) is 10.2. The van der Waals surface area contributed by atoms with Crippen molar-refractivity contribution < 1.29 is 8.42 Å². The topological polar surface area (TPSA) is 49.4 Å². The first kappa shape index (κ1) is 19.0. The molecule has 1 N–H and O–H groups in total. The summed E-state index contributed by atoms with van der Waals surface area (Å²) in [5.41, 5.74) is 0.826. The second-order valence-corrected chi connectivity index (χ2v) is 9.22. The Bertz CT molecular complexity index is 629. The predicted octanol–water partition coefficient (Wildman–Crippen LogP) is 3.85. The zero-order valence-electron chi connectivity index (χ0n) is 13.6. The third-order valence-corrected chi connectivity index (χ3v) is 6.89. The molecule has 0 unspecified atom stereocenters. The van der Waals surface area contributed by atoms with Gasteiger partial charge >= 0.3 is 0 Å². The Morgan fingerprint density at radius 1 is 1.17 bits per heavy atom. The van der Waals surface area contributed by atoms with Crippen molar-refractivity contribution in [3.8, 4) is 0 Å². The molecule has 1 atom stereocenters. The first-order valence-electron chi connectivity index (χ1n) is 7.90. The molecule has 1 aliphatic rings. The lowest BCUT2D eigenvalue weighted by Crippen LogP contribution is -2.41. The molecule has 1 aliphatic carbocycles.